The second-order valence-corrected chi connectivity index (χ2v) is 9.09. The number of alkyl halides is 3. The number of hydrogen-bond donors (Lipinski definition) is 0. The summed E-state index contributed by atoms with van der Waals surface area (Å²) < 4.78 is 39.4. The Hall–Kier alpha value is -2.25. The Morgan fingerprint density at radius 2 is 0.920 bits per heavy atom. The van der Waals surface area contributed by atoms with Gasteiger partial charge in [0.1, 0.15) is 0 Å². The number of halogens is 3. The summed E-state index contributed by atoms with van der Waals surface area (Å²) >= 11 is 0. The van der Waals surface area contributed by atoms with Crippen LogP contribution in [-0.2, 0) is 0 Å². The maximum absolute atomic E-state index is 13.1. The van der Waals surface area contributed by atoms with Crippen LogP contribution in [-0.4, -0.2) is 12.0 Å². The van der Waals surface area contributed by atoms with Gasteiger partial charge in [0.25, 0.3) is 0 Å². The van der Waals surface area contributed by atoms with Gasteiger partial charge in [-0.3, -0.25) is 0 Å². The smallest absolute Gasteiger partial charge is 0.171 e. The molecule has 0 aliphatic rings. The van der Waals surface area contributed by atoms with E-state index < -0.39 is 19.5 Å². The van der Waals surface area contributed by atoms with Crippen molar-refractivity contribution in [1.82, 2.24) is 0 Å². The van der Waals surface area contributed by atoms with Gasteiger partial charge in [0.05, 0.1) is 6.42 Å². The first-order chi connectivity index (χ1) is 12.0. The molecule has 128 valence electrons. The van der Waals surface area contributed by atoms with Crippen LogP contribution < -0.4 is 15.9 Å². The van der Waals surface area contributed by atoms with Gasteiger partial charge in [-0.15, -0.1) is 0 Å². The second-order valence-electron chi connectivity index (χ2n) is 5.73. The highest BCUT2D eigenvalue weighted by Gasteiger charge is 2.30. The third-order valence-corrected chi connectivity index (χ3v) is 8.16. The molecule has 0 aromatic heterocycles. The van der Waals surface area contributed by atoms with Crippen LogP contribution >= 0.6 is 6.89 Å². The summed E-state index contributed by atoms with van der Waals surface area (Å²) in [6.07, 6.45) is -5.15. The van der Waals surface area contributed by atoms with Crippen molar-refractivity contribution in [3.05, 3.63) is 91.0 Å². The highest BCUT2D eigenvalue weighted by molar-refractivity contribution is 7.94. The molecule has 0 fully saturated rings. The van der Waals surface area contributed by atoms with E-state index in [1.807, 2.05) is 91.0 Å². The van der Waals surface area contributed by atoms with Crippen molar-refractivity contribution in [1.29, 1.82) is 0 Å². The fraction of sp³-hybridized carbons (Fsp3) is 0.0952. The fourth-order valence-corrected chi connectivity index (χ4v) is 6.93. The molecule has 4 heteroatoms. The van der Waals surface area contributed by atoms with Gasteiger partial charge < -0.3 is 0 Å². The zero-order chi connectivity index (χ0) is 17.8. The van der Waals surface area contributed by atoms with Crippen LogP contribution in [0.3, 0.4) is 0 Å². The highest BCUT2D eigenvalue weighted by atomic mass is 31.2. The molecule has 0 atom stereocenters. The molecule has 25 heavy (non-hydrogen) atoms. The molecule has 0 saturated carbocycles. The van der Waals surface area contributed by atoms with E-state index >= 15 is 0 Å². The van der Waals surface area contributed by atoms with Crippen molar-refractivity contribution >= 4 is 28.6 Å². The Bertz CT molecular complexity index is 750. The Morgan fingerprint density at radius 1 is 0.600 bits per heavy atom. The monoisotopic (exact) mass is 358 g/mol. The molecule has 0 heterocycles. The molecule has 0 bridgehead atoms. The van der Waals surface area contributed by atoms with Gasteiger partial charge in [-0.2, -0.15) is 13.2 Å². The normalized spacial score (nSPS) is 12.0. The third kappa shape index (κ3) is 3.88. The summed E-state index contributed by atoms with van der Waals surface area (Å²) in [5.41, 5.74) is 0. The van der Waals surface area contributed by atoms with E-state index in [1.165, 1.54) is 5.80 Å². The van der Waals surface area contributed by atoms with Gasteiger partial charge in [-0.1, -0.05) is 96.8 Å². The third-order valence-electron chi connectivity index (χ3n) is 4.09. The average Bonchev–Trinajstić information content (AvgIpc) is 2.64. The van der Waals surface area contributed by atoms with E-state index in [4.69, 9.17) is 0 Å². The lowest BCUT2D eigenvalue weighted by atomic mass is 10.4. The molecule has 0 aliphatic carbocycles. The Kier molecular flexibility index (Phi) is 5.15. The van der Waals surface area contributed by atoms with Crippen LogP contribution in [0.2, 0.25) is 0 Å². The molecule has 0 amide bonds. The quantitative estimate of drug-likeness (QED) is 0.591. The lowest BCUT2D eigenvalue weighted by molar-refractivity contribution is -0.120. The minimum absolute atomic E-state index is 0.917. The SMILES string of the molecule is FC(F)(F)CC=P(c1ccccc1)(c1ccccc1)c1ccccc1. The lowest BCUT2D eigenvalue weighted by Gasteiger charge is -2.29. The van der Waals surface area contributed by atoms with Crippen molar-refractivity contribution in [2.45, 2.75) is 12.6 Å². The van der Waals surface area contributed by atoms with Crippen molar-refractivity contribution in [2.24, 2.45) is 0 Å². The number of benzene rings is 3. The summed E-state index contributed by atoms with van der Waals surface area (Å²) in [4.78, 5) is 0. The first-order valence-electron chi connectivity index (χ1n) is 7.99. The van der Waals surface area contributed by atoms with E-state index in [2.05, 4.69) is 0 Å². The van der Waals surface area contributed by atoms with Crippen LogP contribution in [0.1, 0.15) is 6.42 Å². The average molecular weight is 358 g/mol. The zero-order valence-corrected chi connectivity index (χ0v) is 14.4. The molecular weight excluding hydrogens is 340 g/mol. The van der Waals surface area contributed by atoms with Crippen molar-refractivity contribution in [2.75, 3.05) is 0 Å². The Labute approximate surface area is 145 Å². The summed E-state index contributed by atoms with van der Waals surface area (Å²) in [6, 6.07) is 28.6. The number of hydrogen-bond acceptors (Lipinski definition) is 0. The summed E-state index contributed by atoms with van der Waals surface area (Å²) in [6.45, 7) is -2.49. The molecule has 0 nitrogen and oxygen atoms in total. The van der Waals surface area contributed by atoms with Gasteiger partial charge in [0.2, 0.25) is 0 Å². The van der Waals surface area contributed by atoms with Gasteiger partial charge in [-0.05, 0) is 22.8 Å². The van der Waals surface area contributed by atoms with E-state index in [0.29, 0.717) is 0 Å². The summed E-state index contributed by atoms with van der Waals surface area (Å²) in [7, 11) is 0. The molecule has 3 aromatic rings. The van der Waals surface area contributed by atoms with Gasteiger partial charge in [-0.25, -0.2) is 0 Å². The maximum atomic E-state index is 13.1. The van der Waals surface area contributed by atoms with Gasteiger partial charge in [0, 0.05) is 0 Å². The first-order valence-corrected chi connectivity index (χ1v) is 9.85. The molecule has 3 aromatic carbocycles. The molecule has 0 saturated heterocycles. The Balaban J connectivity index is 2.36. The largest absolute Gasteiger partial charge is 0.392 e. The van der Waals surface area contributed by atoms with Gasteiger partial charge in [0.15, 0.2) is 0 Å². The van der Waals surface area contributed by atoms with Crippen molar-refractivity contribution in [3.8, 4) is 0 Å². The van der Waals surface area contributed by atoms with Crippen LogP contribution in [0.4, 0.5) is 13.2 Å². The minimum atomic E-state index is -4.23. The predicted octanol–water partition coefficient (Wildman–Crippen LogP) is 4.74. The summed E-state index contributed by atoms with van der Waals surface area (Å²) in [5.74, 6) is 1.49. The molecule has 0 spiro atoms. The summed E-state index contributed by atoms with van der Waals surface area (Å²) in [5, 5.41) is 2.78. The predicted molar refractivity (Wildman–Crippen MR) is 102 cm³/mol. The maximum Gasteiger partial charge on any atom is 0.392 e. The lowest BCUT2D eigenvalue weighted by Crippen LogP contribution is -2.28. The van der Waals surface area contributed by atoms with Crippen LogP contribution in [0, 0.1) is 0 Å². The molecule has 3 rings (SSSR count). The Morgan fingerprint density at radius 3 is 1.20 bits per heavy atom. The van der Waals surface area contributed by atoms with E-state index in [9.17, 15) is 13.2 Å². The van der Waals surface area contributed by atoms with Crippen molar-refractivity contribution in [3.63, 3.8) is 0 Å². The number of rotatable bonds is 4. The van der Waals surface area contributed by atoms with E-state index in [1.54, 1.807) is 0 Å². The molecule has 0 aliphatic heterocycles. The molecular formula is C21H18F3P. The van der Waals surface area contributed by atoms with E-state index in [-0.39, 0.29) is 0 Å². The first kappa shape index (κ1) is 17.6. The zero-order valence-electron chi connectivity index (χ0n) is 13.5. The van der Waals surface area contributed by atoms with Crippen LogP contribution in [0.5, 0.6) is 0 Å². The van der Waals surface area contributed by atoms with Crippen LogP contribution in [0.15, 0.2) is 91.0 Å². The molecule has 0 unspecified atom stereocenters. The standard InChI is InChI=1S/C21H18F3P/c22-21(23,24)16-17-25(18-10-4-1-5-11-18,19-12-6-2-7-13-19)20-14-8-3-9-15-20/h1-15,17H,16H2. The highest BCUT2D eigenvalue weighted by Crippen LogP contribution is 2.44. The second kappa shape index (κ2) is 7.33. The molecule has 0 radical (unpaired) electrons. The van der Waals surface area contributed by atoms with Crippen molar-refractivity contribution < 1.29 is 13.2 Å². The van der Waals surface area contributed by atoms with Crippen LogP contribution in [0.25, 0.3) is 0 Å². The molecule has 0 N–H and O–H groups in total. The van der Waals surface area contributed by atoms with Gasteiger partial charge >= 0.3 is 6.18 Å². The fourth-order valence-electron chi connectivity index (χ4n) is 2.99. The topological polar surface area (TPSA) is 0 Å². The van der Waals surface area contributed by atoms with E-state index in [0.717, 1.165) is 15.9 Å². The minimum Gasteiger partial charge on any atom is -0.171 e.